The van der Waals surface area contributed by atoms with Crippen LogP contribution in [0.4, 0.5) is 11.5 Å². The Morgan fingerprint density at radius 1 is 0.492 bits per heavy atom. The topological polar surface area (TPSA) is 34.0 Å². The van der Waals surface area contributed by atoms with Crippen LogP contribution in [0.15, 0.2) is 128 Å². The molecule has 0 radical (unpaired) electrons. The Kier molecular flexibility index (Phi) is 8.65. The molecule has 0 bridgehead atoms. The first kappa shape index (κ1) is 37.2. The maximum atomic E-state index is 4.97. The number of rotatable bonds is 6. The number of pyridine rings is 2. The van der Waals surface area contributed by atoms with Gasteiger partial charge in [0.25, 0.3) is 0 Å². The van der Waals surface area contributed by atoms with Gasteiger partial charge in [0.2, 0.25) is 0 Å². The first-order valence-corrected chi connectivity index (χ1v) is 21.8. The number of nitrogens with zero attached hydrogens (tertiary/aromatic N) is 4. The van der Waals surface area contributed by atoms with E-state index >= 15 is 0 Å². The summed E-state index contributed by atoms with van der Waals surface area (Å²) in [7, 11) is 2.14. The molecule has 0 unspecified atom stereocenters. The van der Waals surface area contributed by atoms with Gasteiger partial charge < -0.3 is 4.90 Å². The molecule has 3 aromatic heterocycles. The molecule has 0 saturated carbocycles. The Labute approximate surface area is 359 Å². The highest BCUT2D eigenvalue weighted by Gasteiger charge is 2.31. The molecule has 0 amide bonds. The van der Waals surface area contributed by atoms with Gasteiger partial charge in [-0.3, -0.25) is 4.57 Å². The van der Waals surface area contributed by atoms with Gasteiger partial charge in [-0.05, 0) is 216 Å². The molecule has 0 fully saturated rings. The molecule has 2 aliphatic carbocycles. The molecule has 3 heterocycles. The van der Waals surface area contributed by atoms with Crippen LogP contribution in [0, 0.1) is 41.5 Å². The average Bonchev–Trinajstić information content (AvgIpc) is 3.62. The summed E-state index contributed by atoms with van der Waals surface area (Å²) in [5.74, 6) is 1.90. The van der Waals surface area contributed by atoms with Crippen LogP contribution in [-0.2, 0) is 25.7 Å². The molecular formula is C57H50N4. The van der Waals surface area contributed by atoms with Crippen LogP contribution >= 0.6 is 0 Å². The molecule has 0 spiro atoms. The molecule has 61 heavy (non-hydrogen) atoms. The monoisotopic (exact) mass is 790 g/mol. The Hall–Kier alpha value is -6.78. The number of aryl methyl sites for hydroxylation is 8. The van der Waals surface area contributed by atoms with E-state index in [0.717, 1.165) is 43.0 Å². The Morgan fingerprint density at radius 2 is 1.08 bits per heavy atom. The zero-order valence-electron chi connectivity index (χ0n) is 36.2. The number of hydrogen-bond donors (Lipinski definition) is 0. The number of hydrogen-bond acceptors (Lipinski definition) is 3. The standard InChI is InChI=1S/C57H50N4/c1-33-24-44(25-34(2)37(33)5)39-17-20-51(60(7)53-12-8-10-22-58-53)48(30-39)46-28-41-14-15-43-32-50-49-31-40(45-26-35(3)38(6)36(4)27-45)18-21-52(49)61(54-13-9-11-23-59-54)57(50)47-19-16-42(29-46)55(41)56(43)47/h8-13,17-18,20-32H,14-16,19H2,1-7H3. The van der Waals surface area contributed by atoms with Crippen molar-refractivity contribution >= 4 is 33.3 Å². The summed E-state index contributed by atoms with van der Waals surface area (Å²) in [6.45, 7) is 13.4. The van der Waals surface area contributed by atoms with E-state index in [1.165, 1.54) is 122 Å². The molecule has 4 heteroatoms. The maximum Gasteiger partial charge on any atom is 0.137 e. The third kappa shape index (κ3) is 5.95. The van der Waals surface area contributed by atoms with Crippen LogP contribution in [0.25, 0.3) is 72.1 Å². The normalized spacial score (nSPS) is 12.9. The Morgan fingerprint density at radius 3 is 1.70 bits per heavy atom. The highest BCUT2D eigenvalue weighted by Crippen LogP contribution is 2.50. The zero-order valence-corrected chi connectivity index (χ0v) is 36.2. The van der Waals surface area contributed by atoms with Crippen LogP contribution < -0.4 is 4.90 Å². The van der Waals surface area contributed by atoms with Crippen molar-refractivity contribution < 1.29 is 0 Å². The van der Waals surface area contributed by atoms with E-state index in [1.54, 1.807) is 0 Å². The van der Waals surface area contributed by atoms with Crippen molar-refractivity contribution in [3.8, 4) is 50.3 Å². The van der Waals surface area contributed by atoms with Gasteiger partial charge in [-0.2, -0.15) is 0 Å². The molecule has 2 aliphatic rings. The van der Waals surface area contributed by atoms with Crippen LogP contribution in [0.5, 0.6) is 0 Å². The van der Waals surface area contributed by atoms with E-state index in [0.29, 0.717) is 0 Å². The minimum absolute atomic E-state index is 0.930. The predicted octanol–water partition coefficient (Wildman–Crippen LogP) is 14.1. The number of fused-ring (bicyclic) bond motifs is 4. The predicted molar refractivity (Wildman–Crippen MR) is 256 cm³/mol. The third-order valence-electron chi connectivity index (χ3n) is 14.2. The minimum Gasteiger partial charge on any atom is -0.329 e. The van der Waals surface area contributed by atoms with Gasteiger partial charge in [0.15, 0.2) is 0 Å². The van der Waals surface area contributed by atoms with Gasteiger partial charge in [0, 0.05) is 41.5 Å². The van der Waals surface area contributed by atoms with E-state index in [2.05, 4.69) is 161 Å². The fourth-order valence-corrected chi connectivity index (χ4v) is 10.5. The molecule has 9 aromatic rings. The molecule has 6 aromatic carbocycles. The summed E-state index contributed by atoms with van der Waals surface area (Å²) in [4.78, 5) is 12.0. The molecular weight excluding hydrogens is 741 g/mol. The highest BCUT2D eigenvalue weighted by atomic mass is 15.2. The molecule has 0 atom stereocenters. The van der Waals surface area contributed by atoms with Crippen molar-refractivity contribution in [1.29, 1.82) is 0 Å². The number of anilines is 2. The fourth-order valence-electron chi connectivity index (χ4n) is 10.5. The van der Waals surface area contributed by atoms with Crippen molar-refractivity contribution in [2.45, 2.75) is 67.2 Å². The van der Waals surface area contributed by atoms with E-state index in [1.807, 2.05) is 24.5 Å². The van der Waals surface area contributed by atoms with Crippen molar-refractivity contribution in [1.82, 2.24) is 14.5 Å². The lowest BCUT2D eigenvalue weighted by molar-refractivity contribution is 0.879. The van der Waals surface area contributed by atoms with Gasteiger partial charge in [0.05, 0.1) is 11.0 Å². The van der Waals surface area contributed by atoms with E-state index < -0.39 is 0 Å². The molecule has 11 rings (SSSR count). The van der Waals surface area contributed by atoms with Crippen LogP contribution in [0.3, 0.4) is 0 Å². The summed E-state index contributed by atoms with van der Waals surface area (Å²) in [6, 6.07) is 43.4. The highest BCUT2D eigenvalue weighted by molar-refractivity contribution is 6.14. The van der Waals surface area contributed by atoms with Crippen molar-refractivity contribution in [3.05, 3.63) is 183 Å². The fraction of sp³-hybridized carbons (Fsp3) is 0.193. The van der Waals surface area contributed by atoms with Crippen molar-refractivity contribution in [3.63, 3.8) is 0 Å². The van der Waals surface area contributed by atoms with Crippen LogP contribution in [-0.4, -0.2) is 21.6 Å². The summed E-state index contributed by atoms with van der Waals surface area (Å²) in [6.07, 6.45) is 7.80. The quantitative estimate of drug-likeness (QED) is 0.168. The van der Waals surface area contributed by atoms with E-state index in [9.17, 15) is 0 Å². The smallest absolute Gasteiger partial charge is 0.137 e. The van der Waals surface area contributed by atoms with Gasteiger partial charge in [0.1, 0.15) is 11.6 Å². The average molecular weight is 791 g/mol. The van der Waals surface area contributed by atoms with Gasteiger partial charge in [-0.1, -0.05) is 60.7 Å². The van der Waals surface area contributed by atoms with Crippen molar-refractivity contribution in [2.24, 2.45) is 0 Å². The van der Waals surface area contributed by atoms with Crippen molar-refractivity contribution in [2.75, 3.05) is 11.9 Å². The second kappa shape index (κ2) is 14.2. The minimum atomic E-state index is 0.930. The third-order valence-corrected chi connectivity index (χ3v) is 14.2. The van der Waals surface area contributed by atoms with Crippen LogP contribution in [0.2, 0.25) is 0 Å². The SMILES string of the molecule is Cc1cc(-c2ccc(N(C)c3ccccn3)c(-c3cc4c5c(c3)CCc3c-5c(cc5c6cc(-c7cc(C)c(C)c(C)c7)ccc6n(-c6ccccn6)c35)CC4)c2)cc(C)c1C. The Bertz CT molecular complexity index is 3200. The lowest BCUT2D eigenvalue weighted by Crippen LogP contribution is -2.16. The zero-order chi connectivity index (χ0) is 41.7. The maximum absolute atomic E-state index is 4.97. The largest absolute Gasteiger partial charge is 0.329 e. The Balaban J connectivity index is 1.11. The lowest BCUT2D eigenvalue weighted by Gasteiger charge is -2.31. The summed E-state index contributed by atoms with van der Waals surface area (Å²) in [5.41, 5.74) is 28.0. The van der Waals surface area contributed by atoms with Crippen LogP contribution in [0.1, 0.15) is 55.6 Å². The first-order valence-electron chi connectivity index (χ1n) is 21.8. The van der Waals surface area contributed by atoms with Gasteiger partial charge in [-0.25, -0.2) is 9.97 Å². The lowest BCUT2D eigenvalue weighted by atomic mass is 9.73. The first-order chi connectivity index (χ1) is 29.6. The van der Waals surface area contributed by atoms with E-state index in [4.69, 9.17) is 9.97 Å². The van der Waals surface area contributed by atoms with Gasteiger partial charge >= 0.3 is 0 Å². The summed E-state index contributed by atoms with van der Waals surface area (Å²) < 4.78 is 2.45. The molecule has 298 valence electrons. The van der Waals surface area contributed by atoms with E-state index in [-0.39, 0.29) is 0 Å². The van der Waals surface area contributed by atoms with Gasteiger partial charge in [-0.15, -0.1) is 0 Å². The molecule has 0 saturated heterocycles. The summed E-state index contributed by atoms with van der Waals surface area (Å²) >= 11 is 0. The number of aromatic nitrogens is 3. The molecule has 0 aliphatic heterocycles. The number of benzene rings is 6. The molecule has 0 N–H and O–H groups in total. The second-order valence-corrected chi connectivity index (χ2v) is 17.7. The second-order valence-electron chi connectivity index (χ2n) is 17.7. The summed E-state index contributed by atoms with van der Waals surface area (Å²) in [5, 5.41) is 2.63. The molecule has 4 nitrogen and oxygen atoms in total.